The molecule has 0 aliphatic heterocycles. The Morgan fingerprint density at radius 2 is 1.57 bits per heavy atom. The Balaban J connectivity index is 4.82. The Morgan fingerprint density at radius 3 is 1.86 bits per heavy atom. The van der Waals surface area contributed by atoms with Crippen LogP contribution < -0.4 is 0 Å². The quantitative estimate of drug-likeness (QED) is 0.497. The zero-order valence-electron chi connectivity index (χ0n) is 6.79. The summed E-state index contributed by atoms with van der Waals surface area (Å²) < 4.78 is 85.3. The van der Waals surface area contributed by atoms with Crippen molar-refractivity contribution in [2.45, 2.75) is 24.2 Å². The van der Waals surface area contributed by atoms with Crippen LogP contribution >= 0.6 is 0 Å². The van der Waals surface area contributed by atoms with E-state index in [4.69, 9.17) is 0 Å². The number of rotatable bonds is 5. The summed E-state index contributed by atoms with van der Waals surface area (Å²) >= 11 is 0. The van der Waals surface area contributed by atoms with E-state index in [1.54, 1.807) is 0 Å². The maximum atomic E-state index is 12.4. The fourth-order valence-electron chi connectivity index (χ4n) is 0.622. The minimum absolute atomic E-state index is 0.378. The zero-order valence-corrected chi connectivity index (χ0v) is 6.79. The molecule has 0 rings (SSSR count). The first-order chi connectivity index (χ1) is 6.20. The Bertz CT molecular complexity index is 200. The van der Waals surface area contributed by atoms with E-state index < -0.39 is 30.9 Å². The summed E-state index contributed by atoms with van der Waals surface area (Å²) in [6.07, 6.45) is -8.10. The highest BCUT2D eigenvalue weighted by Crippen LogP contribution is 2.38. The van der Waals surface area contributed by atoms with Crippen molar-refractivity contribution in [3.63, 3.8) is 0 Å². The van der Waals surface area contributed by atoms with Gasteiger partial charge in [-0.2, -0.15) is 17.6 Å². The highest BCUT2D eigenvalue weighted by atomic mass is 19.3. The molecule has 0 aromatic rings. The molecule has 2 atom stereocenters. The van der Waals surface area contributed by atoms with Gasteiger partial charge in [-0.05, 0) is 6.08 Å². The second-order valence-electron chi connectivity index (χ2n) is 2.54. The molecule has 84 valence electrons. The highest BCUT2D eigenvalue weighted by Gasteiger charge is 2.59. The molecule has 14 heavy (non-hydrogen) atoms. The van der Waals surface area contributed by atoms with Gasteiger partial charge in [0.1, 0.15) is 6.67 Å². The van der Waals surface area contributed by atoms with Crippen molar-refractivity contribution in [1.29, 1.82) is 0 Å². The standard InChI is InChI=1S/C7H7F7/c1-2-6(11,12)5(10)7(13,14)4(9)3-8/h2,4-5H,1,3H2. The van der Waals surface area contributed by atoms with Gasteiger partial charge in [0.05, 0.1) is 0 Å². The molecule has 2 unspecified atom stereocenters. The lowest BCUT2D eigenvalue weighted by molar-refractivity contribution is -0.192. The topological polar surface area (TPSA) is 0 Å². The molecule has 0 heterocycles. The SMILES string of the molecule is C=CC(F)(F)C(F)C(F)(F)C(F)CF. The van der Waals surface area contributed by atoms with Gasteiger partial charge in [0, 0.05) is 0 Å². The van der Waals surface area contributed by atoms with Crippen molar-refractivity contribution >= 4 is 0 Å². The molecule has 0 fully saturated rings. The van der Waals surface area contributed by atoms with Crippen LogP contribution in [0.2, 0.25) is 0 Å². The van der Waals surface area contributed by atoms with Crippen LogP contribution in [0.4, 0.5) is 30.7 Å². The molecule has 0 nitrogen and oxygen atoms in total. The predicted molar refractivity (Wildman–Crippen MR) is 35.9 cm³/mol. The molecule has 0 radical (unpaired) electrons. The molecule has 0 amide bonds. The molecular weight excluding hydrogens is 217 g/mol. The van der Waals surface area contributed by atoms with Crippen molar-refractivity contribution < 1.29 is 30.7 Å². The van der Waals surface area contributed by atoms with Crippen molar-refractivity contribution in [3.05, 3.63) is 12.7 Å². The van der Waals surface area contributed by atoms with Crippen LogP contribution in [-0.4, -0.2) is 30.9 Å². The van der Waals surface area contributed by atoms with Crippen molar-refractivity contribution in [2.24, 2.45) is 0 Å². The van der Waals surface area contributed by atoms with E-state index >= 15 is 0 Å². The summed E-state index contributed by atoms with van der Waals surface area (Å²) in [6, 6.07) is 0. The van der Waals surface area contributed by atoms with E-state index in [1.165, 1.54) is 0 Å². The van der Waals surface area contributed by atoms with Gasteiger partial charge in [-0.1, -0.05) is 6.58 Å². The number of alkyl halides is 7. The first-order valence-corrected chi connectivity index (χ1v) is 3.43. The van der Waals surface area contributed by atoms with E-state index in [0.717, 1.165) is 0 Å². The minimum Gasteiger partial charge on any atom is -0.248 e. The molecule has 0 saturated heterocycles. The normalized spacial score (nSPS) is 17.6. The van der Waals surface area contributed by atoms with Crippen LogP contribution in [0.15, 0.2) is 12.7 Å². The molecule has 0 aromatic carbocycles. The molecule has 0 bridgehead atoms. The molecule has 0 saturated carbocycles. The van der Waals surface area contributed by atoms with E-state index in [9.17, 15) is 30.7 Å². The summed E-state index contributed by atoms with van der Waals surface area (Å²) in [4.78, 5) is 0. The average Bonchev–Trinajstić information content (AvgIpc) is 2.15. The largest absolute Gasteiger partial charge is 0.318 e. The first kappa shape index (κ1) is 13.2. The molecular formula is C7H7F7. The smallest absolute Gasteiger partial charge is 0.248 e. The van der Waals surface area contributed by atoms with Gasteiger partial charge < -0.3 is 0 Å². The average molecular weight is 224 g/mol. The summed E-state index contributed by atoms with van der Waals surface area (Å²) in [7, 11) is 0. The lowest BCUT2D eigenvalue weighted by Gasteiger charge is -2.26. The third-order valence-corrected chi connectivity index (χ3v) is 1.50. The van der Waals surface area contributed by atoms with Crippen molar-refractivity contribution in [2.75, 3.05) is 6.67 Å². The Labute approximate surface area is 75.4 Å². The van der Waals surface area contributed by atoms with E-state index in [2.05, 4.69) is 6.58 Å². The van der Waals surface area contributed by atoms with Gasteiger partial charge in [0.2, 0.25) is 6.17 Å². The van der Waals surface area contributed by atoms with Crippen LogP contribution in [0.1, 0.15) is 0 Å². The Kier molecular flexibility index (Phi) is 3.96. The molecule has 0 aromatic heterocycles. The van der Waals surface area contributed by atoms with Crippen LogP contribution in [0.5, 0.6) is 0 Å². The predicted octanol–water partition coefficient (Wildman–Crippen LogP) is 3.09. The van der Waals surface area contributed by atoms with Gasteiger partial charge in [-0.25, -0.2) is 13.2 Å². The van der Waals surface area contributed by atoms with Crippen LogP contribution in [-0.2, 0) is 0 Å². The van der Waals surface area contributed by atoms with E-state index in [-0.39, 0.29) is 6.08 Å². The van der Waals surface area contributed by atoms with Gasteiger partial charge in [0.15, 0.2) is 6.17 Å². The molecule has 0 aliphatic carbocycles. The lowest BCUT2D eigenvalue weighted by Crippen LogP contribution is -2.49. The summed E-state index contributed by atoms with van der Waals surface area (Å²) in [5.74, 6) is -9.67. The van der Waals surface area contributed by atoms with Crippen LogP contribution in [0.25, 0.3) is 0 Å². The monoisotopic (exact) mass is 224 g/mol. The Hall–Kier alpha value is -0.750. The first-order valence-electron chi connectivity index (χ1n) is 3.43. The number of hydrogen-bond donors (Lipinski definition) is 0. The zero-order chi connectivity index (χ0) is 11.6. The van der Waals surface area contributed by atoms with Crippen LogP contribution in [0.3, 0.4) is 0 Å². The minimum atomic E-state index is -5.08. The third-order valence-electron chi connectivity index (χ3n) is 1.50. The number of halogens is 7. The Morgan fingerprint density at radius 1 is 1.14 bits per heavy atom. The molecule has 7 heteroatoms. The second-order valence-corrected chi connectivity index (χ2v) is 2.54. The molecule has 0 aliphatic rings. The lowest BCUT2D eigenvalue weighted by atomic mass is 10.0. The highest BCUT2D eigenvalue weighted by molar-refractivity contribution is 5.01. The number of allylic oxidation sites excluding steroid dienone is 1. The third kappa shape index (κ3) is 2.39. The number of hydrogen-bond acceptors (Lipinski definition) is 0. The van der Waals surface area contributed by atoms with Crippen molar-refractivity contribution in [3.8, 4) is 0 Å². The van der Waals surface area contributed by atoms with Gasteiger partial charge in [0.25, 0.3) is 0 Å². The summed E-state index contributed by atoms with van der Waals surface area (Å²) in [5, 5.41) is 0. The van der Waals surface area contributed by atoms with Gasteiger partial charge in [-0.3, -0.25) is 0 Å². The maximum Gasteiger partial charge on any atom is 0.318 e. The second kappa shape index (κ2) is 4.18. The van der Waals surface area contributed by atoms with E-state index in [0.29, 0.717) is 0 Å². The summed E-state index contributed by atoms with van der Waals surface area (Å²) in [6.45, 7) is 0.177. The maximum absolute atomic E-state index is 12.4. The van der Waals surface area contributed by atoms with Gasteiger partial charge >= 0.3 is 11.8 Å². The fraction of sp³-hybridized carbons (Fsp3) is 0.714. The fourth-order valence-corrected chi connectivity index (χ4v) is 0.622. The molecule has 0 spiro atoms. The van der Waals surface area contributed by atoms with Gasteiger partial charge in [-0.15, -0.1) is 0 Å². The van der Waals surface area contributed by atoms with Crippen molar-refractivity contribution in [1.82, 2.24) is 0 Å². The summed E-state index contributed by atoms with van der Waals surface area (Å²) in [5.41, 5.74) is 0. The van der Waals surface area contributed by atoms with E-state index in [1.807, 2.05) is 0 Å². The molecule has 0 N–H and O–H groups in total. The van der Waals surface area contributed by atoms with Crippen LogP contribution in [0, 0.1) is 0 Å².